The molecule has 0 atom stereocenters. The number of hydrogen-bond donors (Lipinski definition) is 2. The van der Waals surface area contributed by atoms with Crippen molar-refractivity contribution in [1.82, 2.24) is 14.9 Å². The average Bonchev–Trinajstić information content (AvgIpc) is 2.60. The maximum Gasteiger partial charge on any atom is 0.218 e. The van der Waals surface area contributed by atoms with Crippen LogP contribution in [0.3, 0.4) is 0 Å². The summed E-state index contributed by atoms with van der Waals surface area (Å²) < 4.78 is 32.1. The van der Waals surface area contributed by atoms with Crippen molar-refractivity contribution in [2.24, 2.45) is 4.99 Å². The Morgan fingerprint density at radius 3 is 2.42 bits per heavy atom. The number of ether oxygens (including phenoxy) is 1. The maximum absolute atomic E-state index is 12.7. The van der Waals surface area contributed by atoms with Crippen LogP contribution in [0.25, 0.3) is 0 Å². The minimum Gasteiger partial charge on any atom is -0.379 e. The Balaban J connectivity index is 0.00000338. The molecular weight excluding hydrogens is 467 g/mol. The third-order valence-electron chi connectivity index (χ3n) is 3.92. The summed E-state index contributed by atoms with van der Waals surface area (Å²) in [5, 5.41) is 6.45. The summed E-state index contributed by atoms with van der Waals surface area (Å²) in [6, 6.07) is 7.87. The normalized spacial score (nSPS) is 16.2. The van der Waals surface area contributed by atoms with Gasteiger partial charge in [-0.25, -0.2) is 8.42 Å². The molecule has 2 rings (SSSR count). The number of hydrogen-bond acceptors (Lipinski definition) is 4. The lowest BCUT2D eigenvalue weighted by atomic mass is 10.1. The first kappa shape index (κ1) is 23.1. The zero-order chi connectivity index (χ0) is 18.3. The molecule has 0 spiro atoms. The molecule has 1 heterocycles. The average molecular weight is 496 g/mol. The Bertz CT molecular complexity index is 689. The van der Waals surface area contributed by atoms with Gasteiger partial charge in [-0.1, -0.05) is 24.3 Å². The number of halogens is 1. The van der Waals surface area contributed by atoms with E-state index in [1.165, 1.54) is 4.31 Å². The van der Waals surface area contributed by atoms with Crippen LogP contribution in [-0.2, 0) is 27.1 Å². The molecule has 0 unspecified atom stereocenters. The van der Waals surface area contributed by atoms with Crippen molar-refractivity contribution in [3.8, 4) is 0 Å². The second-order valence-corrected chi connectivity index (χ2v) is 8.23. The SMILES string of the molecule is CN=C(NCc1ccccc1CS(=O)(=O)N1CCOCC1)NC(C)C.I. The molecule has 1 aliphatic heterocycles. The van der Waals surface area contributed by atoms with Crippen LogP contribution in [0.2, 0.25) is 0 Å². The Labute approximate surface area is 173 Å². The molecule has 1 aromatic rings. The van der Waals surface area contributed by atoms with E-state index in [4.69, 9.17) is 4.74 Å². The van der Waals surface area contributed by atoms with Gasteiger partial charge in [0.2, 0.25) is 10.0 Å². The van der Waals surface area contributed by atoms with Gasteiger partial charge in [-0.15, -0.1) is 24.0 Å². The van der Waals surface area contributed by atoms with Crippen molar-refractivity contribution in [2.75, 3.05) is 33.4 Å². The van der Waals surface area contributed by atoms with Gasteiger partial charge < -0.3 is 15.4 Å². The van der Waals surface area contributed by atoms with Gasteiger partial charge >= 0.3 is 0 Å². The van der Waals surface area contributed by atoms with Crippen LogP contribution in [0.15, 0.2) is 29.3 Å². The van der Waals surface area contributed by atoms with E-state index in [0.29, 0.717) is 38.8 Å². The van der Waals surface area contributed by atoms with Crippen LogP contribution < -0.4 is 10.6 Å². The number of morpholine rings is 1. The molecule has 0 amide bonds. The summed E-state index contributed by atoms with van der Waals surface area (Å²) in [5.74, 6) is 0.696. The second kappa shape index (κ2) is 11.1. The topological polar surface area (TPSA) is 83.0 Å². The standard InChI is InChI=1S/C17H28N4O3S.HI/c1-14(2)20-17(18-3)19-12-15-6-4-5-7-16(15)13-25(22,23)21-8-10-24-11-9-21;/h4-7,14H,8-13H2,1-3H3,(H2,18,19,20);1H. The summed E-state index contributed by atoms with van der Waals surface area (Å²) in [6.45, 7) is 6.35. The number of aliphatic imine (C=N–C) groups is 1. The summed E-state index contributed by atoms with van der Waals surface area (Å²) in [4.78, 5) is 4.18. The van der Waals surface area contributed by atoms with E-state index >= 15 is 0 Å². The van der Waals surface area contributed by atoms with E-state index in [1.54, 1.807) is 7.05 Å². The number of sulfonamides is 1. The van der Waals surface area contributed by atoms with Crippen molar-refractivity contribution in [2.45, 2.75) is 32.2 Å². The molecule has 1 fully saturated rings. The number of rotatable bonds is 6. The Morgan fingerprint density at radius 1 is 1.23 bits per heavy atom. The lowest BCUT2D eigenvalue weighted by molar-refractivity contribution is 0.0729. The molecule has 1 aliphatic rings. The van der Waals surface area contributed by atoms with Gasteiger partial charge in [0.15, 0.2) is 5.96 Å². The first-order valence-electron chi connectivity index (χ1n) is 8.52. The summed E-state index contributed by atoms with van der Waals surface area (Å²) in [5.41, 5.74) is 1.76. The van der Waals surface area contributed by atoms with Gasteiger partial charge in [-0.05, 0) is 25.0 Å². The molecule has 0 aromatic heterocycles. The van der Waals surface area contributed by atoms with Crippen molar-refractivity contribution >= 4 is 40.0 Å². The summed E-state index contributed by atoms with van der Waals surface area (Å²) >= 11 is 0. The van der Waals surface area contributed by atoms with Crippen LogP contribution in [-0.4, -0.2) is 58.1 Å². The number of nitrogens with one attached hydrogen (secondary N) is 2. The van der Waals surface area contributed by atoms with Gasteiger partial charge in [0, 0.05) is 32.7 Å². The Morgan fingerprint density at radius 2 is 1.85 bits per heavy atom. The smallest absolute Gasteiger partial charge is 0.218 e. The fraction of sp³-hybridized carbons (Fsp3) is 0.588. The van der Waals surface area contributed by atoms with Crippen molar-refractivity contribution in [3.05, 3.63) is 35.4 Å². The predicted octanol–water partition coefficient (Wildman–Crippen LogP) is 1.54. The Hall–Kier alpha value is -0.910. The van der Waals surface area contributed by atoms with E-state index in [9.17, 15) is 8.42 Å². The van der Waals surface area contributed by atoms with Crippen LogP contribution >= 0.6 is 24.0 Å². The van der Waals surface area contributed by atoms with E-state index < -0.39 is 10.0 Å². The van der Waals surface area contributed by atoms with Gasteiger partial charge in [0.05, 0.1) is 19.0 Å². The van der Waals surface area contributed by atoms with Crippen molar-refractivity contribution in [1.29, 1.82) is 0 Å². The van der Waals surface area contributed by atoms with Gasteiger partial charge in [0.25, 0.3) is 0 Å². The molecule has 0 bridgehead atoms. The highest BCUT2D eigenvalue weighted by molar-refractivity contribution is 14.0. The molecule has 0 aliphatic carbocycles. The summed E-state index contributed by atoms with van der Waals surface area (Å²) in [7, 11) is -1.63. The van der Waals surface area contributed by atoms with Crippen LogP contribution in [0, 0.1) is 0 Å². The zero-order valence-corrected chi connectivity index (χ0v) is 18.7. The zero-order valence-electron chi connectivity index (χ0n) is 15.6. The molecule has 1 aromatic carbocycles. The minimum atomic E-state index is -3.34. The van der Waals surface area contributed by atoms with Gasteiger partial charge in [0.1, 0.15) is 0 Å². The highest BCUT2D eigenvalue weighted by atomic mass is 127. The lowest BCUT2D eigenvalue weighted by Crippen LogP contribution is -2.42. The fourth-order valence-corrected chi connectivity index (χ4v) is 4.19. The lowest BCUT2D eigenvalue weighted by Gasteiger charge is -2.26. The second-order valence-electron chi connectivity index (χ2n) is 6.26. The molecule has 1 saturated heterocycles. The monoisotopic (exact) mass is 496 g/mol. The summed E-state index contributed by atoms with van der Waals surface area (Å²) in [6.07, 6.45) is 0. The van der Waals surface area contributed by atoms with E-state index in [2.05, 4.69) is 15.6 Å². The molecule has 148 valence electrons. The highest BCUT2D eigenvalue weighted by Crippen LogP contribution is 2.16. The van der Waals surface area contributed by atoms with Crippen molar-refractivity contribution in [3.63, 3.8) is 0 Å². The minimum absolute atomic E-state index is 0. The Kier molecular flexibility index (Phi) is 9.83. The van der Waals surface area contributed by atoms with Crippen LogP contribution in [0.4, 0.5) is 0 Å². The van der Waals surface area contributed by atoms with E-state index in [0.717, 1.165) is 11.1 Å². The molecule has 9 heteroatoms. The quantitative estimate of drug-likeness (QED) is 0.355. The molecule has 0 saturated carbocycles. The third-order valence-corrected chi connectivity index (χ3v) is 5.74. The molecular formula is C17H29IN4O3S. The van der Waals surface area contributed by atoms with Crippen molar-refractivity contribution < 1.29 is 13.2 Å². The van der Waals surface area contributed by atoms with Crippen LogP contribution in [0.1, 0.15) is 25.0 Å². The number of benzene rings is 1. The third kappa shape index (κ3) is 7.01. The van der Waals surface area contributed by atoms with Gasteiger partial charge in [-0.2, -0.15) is 4.31 Å². The van der Waals surface area contributed by atoms with E-state index in [-0.39, 0.29) is 35.8 Å². The first-order chi connectivity index (χ1) is 11.9. The number of nitrogens with zero attached hydrogens (tertiary/aromatic N) is 2. The van der Waals surface area contributed by atoms with E-state index in [1.807, 2.05) is 38.1 Å². The van der Waals surface area contributed by atoms with Crippen LogP contribution in [0.5, 0.6) is 0 Å². The highest BCUT2D eigenvalue weighted by Gasteiger charge is 2.25. The van der Waals surface area contributed by atoms with Gasteiger partial charge in [-0.3, -0.25) is 4.99 Å². The number of guanidine groups is 1. The fourth-order valence-electron chi connectivity index (χ4n) is 2.63. The maximum atomic E-state index is 12.7. The largest absolute Gasteiger partial charge is 0.379 e. The predicted molar refractivity (Wildman–Crippen MR) is 115 cm³/mol. The molecule has 7 nitrogen and oxygen atoms in total. The molecule has 0 radical (unpaired) electrons. The first-order valence-corrected chi connectivity index (χ1v) is 10.1. The molecule has 26 heavy (non-hydrogen) atoms. The molecule has 2 N–H and O–H groups in total.